The van der Waals surface area contributed by atoms with E-state index in [2.05, 4.69) is 81.1 Å². The second kappa shape index (κ2) is 9.17. The van der Waals surface area contributed by atoms with Gasteiger partial charge in [0, 0.05) is 47.4 Å². The van der Waals surface area contributed by atoms with E-state index in [0.29, 0.717) is 5.36 Å². The van der Waals surface area contributed by atoms with Crippen molar-refractivity contribution in [1.82, 2.24) is 4.90 Å². The van der Waals surface area contributed by atoms with Crippen LogP contribution in [0, 0.1) is 19.3 Å². The number of rotatable bonds is 7. The largest absolute Gasteiger partial charge is 0.456 e. The van der Waals surface area contributed by atoms with Gasteiger partial charge in [0.25, 0.3) is 0 Å². The van der Waals surface area contributed by atoms with Crippen molar-refractivity contribution in [2.24, 2.45) is 0 Å². The summed E-state index contributed by atoms with van der Waals surface area (Å²) in [5.41, 5.74) is 7.94. The van der Waals surface area contributed by atoms with Crippen molar-refractivity contribution in [2.75, 3.05) is 38.6 Å². The quantitative estimate of drug-likeness (QED) is 0.364. The second-order valence-electron chi connectivity index (χ2n) is 8.98. The van der Waals surface area contributed by atoms with E-state index in [-0.39, 0.29) is 0 Å². The topological polar surface area (TPSA) is 43.5 Å². The van der Waals surface area contributed by atoms with Gasteiger partial charge in [-0.2, -0.15) is 0 Å². The van der Waals surface area contributed by atoms with Gasteiger partial charge < -0.3 is 19.6 Å². The third-order valence-corrected chi connectivity index (χ3v) is 6.00. The van der Waals surface area contributed by atoms with Gasteiger partial charge in [-0.1, -0.05) is 29.3 Å². The summed E-state index contributed by atoms with van der Waals surface area (Å²) in [6.07, 6.45) is 1.11. The number of hydrogen-bond donors (Lipinski definition) is 1. The van der Waals surface area contributed by atoms with E-state index >= 15 is 0 Å². The van der Waals surface area contributed by atoms with Gasteiger partial charge in [0.1, 0.15) is 11.3 Å². The zero-order chi connectivity index (χ0) is 22.8. The van der Waals surface area contributed by atoms with Crippen molar-refractivity contribution in [2.45, 2.75) is 27.2 Å². The molecule has 2 aliphatic rings. The van der Waals surface area contributed by atoms with Gasteiger partial charge in [-0.25, -0.2) is 0 Å². The second-order valence-corrected chi connectivity index (χ2v) is 8.98. The highest BCUT2D eigenvalue weighted by Gasteiger charge is 2.18. The van der Waals surface area contributed by atoms with Crippen molar-refractivity contribution in [3.63, 3.8) is 0 Å². The smallest absolute Gasteiger partial charge is 0.137 e. The normalized spacial score (nSPS) is 11.6. The van der Waals surface area contributed by atoms with Crippen LogP contribution in [0.2, 0.25) is 0 Å². The maximum absolute atomic E-state index is 8.11. The van der Waals surface area contributed by atoms with Crippen molar-refractivity contribution < 1.29 is 4.42 Å². The molecule has 4 rings (SSSR count). The van der Waals surface area contributed by atoms with Gasteiger partial charge in [-0.15, -0.1) is 0 Å². The first-order valence-electron chi connectivity index (χ1n) is 11.4. The lowest BCUT2D eigenvalue weighted by Gasteiger charge is -2.25. The zero-order valence-corrected chi connectivity index (χ0v) is 19.8. The molecule has 2 aromatic carbocycles. The summed E-state index contributed by atoms with van der Waals surface area (Å²) in [6, 6.07) is 18.9. The van der Waals surface area contributed by atoms with Gasteiger partial charge in [0.05, 0.1) is 5.36 Å². The molecule has 1 heterocycles. The molecular formula is C28H33N3O. The first-order chi connectivity index (χ1) is 15.4. The van der Waals surface area contributed by atoms with Crippen molar-refractivity contribution in [3.05, 3.63) is 71.1 Å². The predicted octanol–water partition coefficient (Wildman–Crippen LogP) is 6.08. The first-order valence-corrected chi connectivity index (χ1v) is 11.4. The molecule has 32 heavy (non-hydrogen) atoms. The van der Waals surface area contributed by atoms with Crippen LogP contribution in [0.25, 0.3) is 33.4 Å². The lowest BCUT2D eigenvalue weighted by Crippen LogP contribution is -2.26. The highest BCUT2D eigenvalue weighted by atomic mass is 16.3. The van der Waals surface area contributed by atoms with Gasteiger partial charge in [-0.3, -0.25) is 0 Å². The fourth-order valence-electron chi connectivity index (χ4n) is 4.55. The van der Waals surface area contributed by atoms with E-state index in [1.54, 1.807) is 0 Å². The number of anilines is 1. The summed E-state index contributed by atoms with van der Waals surface area (Å²) in [5, 5.41) is 9.67. The van der Waals surface area contributed by atoms with Crippen molar-refractivity contribution in [1.29, 1.82) is 5.41 Å². The van der Waals surface area contributed by atoms with Crippen molar-refractivity contribution in [3.8, 4) is 22.5 Å². The molecule has 2 aromatic rings. The molecule has 166 valence electrons. The minimum Gasteiger partial charge on any atom is -0.456 e. The number of benzene rings is 3. The predicted molar refractivity (Wildman–Crippen MR) is 135 cm³/mol. The van der Waals surface area contributed by atoms with E-state index < -0.39 is 0 Å². The fraction of sp³-hybridized carbons (Fsp3) is 0.321. The Morgan fingerprint density at radius 2 is 1.62 bits per heavy atom. The van der Waals surface area contributed by atoms with Crippen LogP contribution in [0.15, 0.2) is 59.0 Å². The first kappa shape index (κ1) is 22.1. The Morgan fingerprint density at radius 3 is 2.31 bits per heavy atom. The number of nitrogens with one attached hydrogen (secondary N) is 1. The average Bonchev–Trinajstić information content (AvgIpc) is 2.73. The Kier molecular flexibility index (Phi) is 6.33. The molecule has 4 nitrogen and oxygen atoms in total. The van der Waals surface area contributed by atoms with E-state index in [9.17, 15) is 0 Å². The summed E-state index contributed by atoms with van der Waals surface area (Å²) in [4.78, 5) is 4.63. The van der Waals surface area contributed by atoms with Crippen LogP contribution >= 0.6 is 0 Å². The fourth-order valence-corrected chi connectivity index (χ4v) is 4.55. The SMILES string of the molecule is CCN(CCCN(C)C)c1ccc2c(-c3cc(C)cc(C)c3)c3ccc(=N)cc-3oc2c1. The summed E-state index contributed by atoms with van der Waals surface area (Å²) in [5.74, 6) is 0.756. The minimum absolute atomic E-state index is 0.460. The Hall–Kier alpha value is -3.11. The Morgan fingerprint density at radius 1 is 0.875 bits per heavy atom. The van der Waals surface area contributed by atoms with Crippen LogP contribution in [-0.4, -0.2) is 38.6 Å². The minimum atomic E-state index is 0.460. The number of fused-ring (bicyclic) bond motifs is 2. The molecule has 0 saturated carbocycles. The van der Waals surface area contributed by atoms with Gasteiger partial charge in [0.15, 0.2) is 0 Å². The molecule has 0 radical (unpaired) electrons. The maximum Gasteiger partial charge on any atom is 0.137 e. The molecule has 0 amide bonds. The molecule has 1 aliphatic heterocycles. The number of aryl methyl sites for hydroxylation is 2. The molecule has 0 unspecified atom stereocenters. The average molecular weight is 428 g/mol. The molecule has 1 aliphatic carbocycles. The number of nitrogens with zero attached hydrogens (tertiary/aromatic N) is 2. The monoisotopic (exact) mass is 427 g/mol. The van der Waals surface area contributed by atoms with Crippen molar-refractivity contribution >= 4 is 16.7 Å². The van der Waals surface area contributed by atoms with E-state index in [4.69, 9.17) is 9.83 Å². The third-order valence-electron chi connectivity index (χ3n) is 6.00. The van der Waals surface area contributed by atoms with E-state index in [1.165, 1.54) is 27.9 Å². The Bertz CT molecular complexity index is 1250. The van der Waals surface area contributed by atoms with E-state index in [1.807, 2.05) is 18.2 Å². The van der Waals surface area contributed by atoms with Crippen LogP contribution in [0.4, 0.5) is 5.69 Å². The molecule has 0 fully saturated rings. The van der Waals surface area contributed by atoms with Gasteiger partial charge in [-0.05, 0) is 77.7 Å². The number of hydrogen-bond acceptors (Lipinski definition) is 4. The van der Waals surface area contributed by atoms with E-state index in [0.717, 1.165) is 48.3 Å². The molecule has 0 aromatic heterocycles. The summed E-state index contributed by atoms with van der Waals surface area (Å²) >= 11 is 0. The molecule has 1 N–H and O–H groups in total. The molecule has 0 spiro atoms. The van der Waals surface area contributed by atoms with Crippen LogP contribution in [0.5, 0.6) is 0 Å². The molecule has 0 bridgehead atoms. The maximum atomic E-state index is 8.11. The Labute approximate surface area is 191 Å². The van der Waals surface area contributed by atoms with Crippen LogP contribution in [-0.2, 0) is 0 Å². The molecule has 0 saturated heterocycles. The summed E-state index contributed by atoms with van der Waals surface area (Å²) in [7, 11) is 4.23. The lowest BCUT2D eigenvalue weighted by molar-refractivity contribution is 0.400. The molecular weight excluding hydrogens is 394 g/mol. The van der Waals surface area contributed by atoms with Gasteiger partial charge in [0.2, 0.25) is 0 Å². The summed E-state index contributed by atoms with van der Waals surface area (Å²) in [6.45, 7) is 9.51. The van der Waals surface area contributed by atoms with Crippen LogP contribution in [0.1, 0.15) is 24.5 Å². The highest BCUT2D eigenvalue weighted by molar-refractivity contribution is 6.02. The molecule has 4 heteroatoms. The third kappa shape index (κ3) is 4.56. The standard InChI is InChI=1S/C28H33N3O/c1-6-31(13-7-12-30(4)5)23-9-11-25-27(18-23)32-26-17-22(29)8-10-24(26)28(25)21-15-19(2)14-20(3)16-21/h8-11,14-18,29H,6-7,12-13H2,1-5H3. The van der Waals surface area contributed by atoms with Crippen LogP contribution < -0.4 is 10.3 Å². The molecule has 0 atom stereocenters. The van der Waals surface area contributed by atoms with Crippen LogP contribution in [0.3, 0.4) is 0 Å². The lowest BCUT2D eigenvalue weighted by atomic mass is 9.92. The summed E-state index contributed by atoms with van der Waals surface area (Å²) < 4.78 is 6.37. The Balaban J connectivity index is 1.89. The highest BCUT2D eigenvalue weighted by Crippen LogP contribution is 2.41. The van der Waals surface area contributed by atoms with Gasteiger partial charge >= 0.3 is 0 Å². The zero-order valence-electron chi connectivity index (χ0n) is 19.8.